The number of amides is 1. The van der Waals surface area contributed by atoms with Crippen molar-refractivity contribution in [3.8, 4) is 0 Å². The molecule has 0 radical (unpaired) electrons. The molecule has 0 fully saturated rings. The number of thiazole rings is 1. The molecular weight excluding hydrogens is 222 g/mol. The van der Waals surface area contributed by atoms with E-state index < -0.39 is 0 Å². The van der Waals surface area contributed by atoms with E-state index in [9.17, 15) is 4.79 Å². The highest BCUT2D eigenvalue weighted by molar-refractivity contribution is 7.07. The first kappa shape index (κ1) is 13.1. The molecule has 0 saturated carbocycles. The Kier molecular flexibility index (Phi) is 6.03. The van der Waals surface area contributed by atoms with Crippen molar-refractivity contribution in [2.24, 2.45) is 0 Å². The van der Waals surface area contributed by atoms with Gasteiger partial charge in [-0.2, -0.15) is 0 Å². The summed E-state index contributed by atoms with van der Waals surface area (Å²) in [7, 11) is 0. The van der Waals surface area contributed by atoms with Crippen LogP contribution in [-0.2, 0) is 0 Å². The summed E-state index contributed by atoms with van der Waals surface area (Å²) in [5, 5.41) is 4.63. The number of aromatic nitrogens is 1. The first-order valence-corrected chi connectivity index (χ1v) is 6.61. The van der Waals surface area contributed by atoms with Crippen molar-refractivity contribution >= 4 is 17.2 Å². The summed E-state index contributed by atoms with van der Waals surface area (Å²) in [5.41, 5.74) is 2.19. The molecule has 1 aromatic heterocycles. The smallest absolute Gasteiger partial charge is 0.270 e. The molecule has 0 spiro atoms. The molecule has 0 saturated heterocycles. The van der Waals surface area contributed by atoms with Crippen molar-refractivity contribution in [2.45, 2.75) is 20.3 Å². The number of carbonyl (C=O) groups excluding carboxylic acids is 1. The van der Waals surface area contributed by atoms with E-state index in [1.165, 1.54) is 11.3 Å². The fourth-order valence-corrected chi connectivity index (χ4v) is 2.02. The lowest BCUT2D eigenvalue weighted by atomic mass is 10.4. The predicted molar refractivity (Wildman–Crippen MR) is 66.9 cm³/mol. The van der Waals surface area contributed by atoms with Gasteiger partial charge in [0.2, 0.25) is 0 Å². The third-order valence-corrected chi connectivity index (χ3v) is 2.95. The van der Waals surface area contributed by atoms with E-state index in [1.807, 2.05) is 0 Å². The third-order valence-electron chi connectivity index (χ3n) is 2.37. The number of nitrogens with zero attached hydrogens (tertiary/aromatic N) is 2. The van der Waals surface area contributed by atoms with E-state index in [0.717, 1.165) is 26.1 Å². The molecule has 1 rings (SSSR count). The highest BCUT2D eigenvalue weighted by Crippen LogP contribution is 1.99. The van der Waals surface area contributed by atoms with Gasteiger partial charge in [-0.1, -0.05) is 13.8 Å². The summed E-state index contributed by atoms with van der Waals surface area (Å²) in [5.74, 6) is -0.0752. The van der Waals surface area contributed by atoms with Crippen LogP contribution in [0.15, 0.2) is 10.9 Å². The van der Waals surface area contributed by atoms with Gasteiger partial charge in [-0.3, -0.25) is 4.79 Å². The maximum Gasteiger partial charge on any atom is 0.270 e. The first-order chi connectivity index (χ1) is 7.77. The molecule has 0 aliphatic carbocycles. The molecule has 4 nitrogen and oxygen atoms in total. The number of hydrogen-bond acceptors (Lipinski definition) is 4. The summed E-state index contributed by atoms with van der Waals surface area (Å²) in [4.78, 5) is 17.8. The van der Waals surface area contributed by atoms with Gasteiger partial charge in [0.05, 0.1) is 5.51 Å². The zero-order valence-corrected chi connectivity index (χ0v) is 10.7. The van der Waals surface area contributed by atoms with Gasteiger partial charge in [0.25, 0.3) is 5.91 Å². The highest BCUT2D eigenvalue weighted by atomic mass is 32.1. The van der Waals surface area contributed by atoms with Crippen molar-refractivity contribution in [1.82, 2.24) is 15.2 Å². The lowest BCUT2D eigenvalue weighted by molar-refractivity contribution is 0.0944. The minimum atomic E-state index is -0.0752. The van der Waals surface area contributed by atoms with Crippen LogP contribution < -0.4 is 5.32 Å². The number of hydrogen-bond donors (Lipinski definition) is 1. The van der Waals surface area contributed by atoms with Gasteiger partial charge >= 0.3 is 0 Å². The fourth-order valence-electron chi connectivity index (χ4n) is 1.49. The summed E-state index contributed by atoms with van der Waals surface area (Å²) >= 11 is 1.44. The molecule has 1 heterocycles. The van der Waals surface area contributed by atoms with E-state index >= 15 is 0 Å². The molecule has 0 aromatic carbocycles. The second kappa shape index (κ2) is 7.35. The zero-order chi connectivity index (χ0) is 11.8. The van der Waals surface area contributed by atoms with Crippen molar-refractivity contribution in [1.29, 1.82) is 0 Å². The van der Waals surface area contributed by atoms with Crippen LogP contribution in [0.25, 0.3) is 0 Å². The minimum absolute atomic E-state index is 0.0752. The molecule has 0 bridgehead atoms. The summed E-state index contributed by atoms with van der Waals surface area (Å²) < 4.78 is 0. The van der Waals surface area contributed by atoms with Crippen LogP contribution in [0.5, 0.6) is 0 Å². The van der Waals surface area contributed by atoms with Gasteiger partial charge in [0, 0.05) is 18.5 Å². The van der Waals surface area contributed by atoms with Gasteiger partial charge in [-0.15, -0.1) is 11.3 Å². The fraction of sp³-hybridized carbons (Fsp3) is 0.636. The maximum atomic E-state index is 11.5. The quantitative estimate of drug-likeness (QED) is 0.788. The van der Waals surface area contributed by atoms with E-state index in [-0.39, 0.29) is 5.91 Å². The molecule has 0 aliphatic heterocycles. The Morgan fingerprint density at radius 2 is 2.31 bits per heavy atom. The zero-order valence-electron chi connectivity index (χ0n) is 9.90. The Balaban J connectivity index is 2.22. The Hall–Kier alpha value is -0.940. The van der Waals surface area contributed by atoms with Gasteiger partial charge in [-0.05, 0) is 19.5 Å². The molecule has 90 valence electrons. The van der Waals surface area contributed by atoms with Crippen molar-refractivity contribution < 1.29 is 4.79 Å². The third kappa shape index (κ3) is 4.28. The SMILES string of the molecule is CCCN(CC)CCNC(=O)c1cscn1. The second-order valence-electron chi connectivity index (χ2n) is 3.56. The van der Waals surface area contributed by atoms with Crippen molar-refractivity contribution in [3.05, 3.63) is 16.6 Å². The van der Waals surface area contributed by atoms with E-state index in [2.05, 4.69) is 29.0 Å². The van der Waals surface area contributed by atoms with Crippen LogP contribution in [0.1, 0.15) is 30.8 Å². The number of likely N-dealkylation sites (N-methyl/N-ethyl adjacent to an activating group) is 1. The summed E-state index contributed by atoms with van der Waals surface area (Å²) in [6, 6.07) is 0. The second-order valence-corrected chi connectivity index (χ2v) is 4.28. The molecule has 1 amide bonds. The van der Waals surface area contributed by atoms with Crippen LogP contribution >= 0.6 is 11.3 Å². The number of rotatable bonds is 7. The van der Waals surface area contributed by atoms with E-state index in [0.29, 0.717) is 12.2 Å². The molecular formula is C11H19N3OS. The van der Waals surface area contributed by atoms with Gasteiger partial charge < -0.3 is 10.2 Å². The number of nitrogens with one attached hydrogen (secondary N) is 1. The van der Waals surface area contributed by atoms with Crippen molar-refractivity contribution in [3.63, 3.8) is 0 Å². The molecule has 1 N–H and O–H groups in total. The van der Waals surface area contributed by atoms with Gasteiger partial charge in [0.15, 0.2) is 0 Å². The monoisotopic (exact) mass is 241 g/mol. The molecule has 1 aromatic rings. The normalized spacial score (nSPS) is 10.7. The highest BCUT2D eigenvalue weighted by Gasteiger charge is 2.07. The van der Waals surface area contributed by atoms with Gasteiger partial charge in [-0.25, -0.2) is 4.98 Å². The average molecular weight is 241 g/mol. The lowest BCUT2D eigenvalue weighted by Gasteiger charge is -2.19. The number of carbonyl (C=O) groups is 1. The van der Waals surface area contributed by atoms with Crippen LogP contribution in [-0.4, -0.2) is 42.0 Å². The Bertz CT molecular complexity index is 300. The van der Waals surface area contributed by atoms with Crippen molar-refractivity contribution in [2.75, 3.05) is 26.2 Å². The average Bonchev–Trinajstić information content (AvgIpc) is 2.81. The Morgan fingerprint density at radius 1 is 1.50 bits per heavy atom. The molecule has 0 unspecified atom stereocenters. The first-order valence-electron chi connectivity index (χ1n) is 5.66. The molecule has 0 aliphatic rings. The Morgan fingerprint density at radius 3 is 2.88 bits per heavy atom. The van der Waals surface area contributed by atoms with Crippen LogP contribution in [0.2, 0.25) is 0 Å². The van der Waals surface area contributed by atoms with Crippen LogP contribution in [0.4, 0.5) is 0 Å². The summed E-state index contributed by atoms with van der Waals surface area (Å²) in [6.07, 6.45) is 1.15. The largest absolute Gasteiger partial charge is 0.349 e. The topological polar surface area (TPSA) is 45.2 Å². The molecule has 16 heavy (non-hydrogen) atoms. The lowest BCUT2D eigenvalue weighted by Crippen LogP contribution is -2.35. The maximum absolute atomic E-state index is 11.5. The van der Waals surface area contributed by atoms with E-state index in [1.54, 1.807) is 10.9 Å². The summed E-state index contributed by atoms with van der Waals surface area (Å²) in [6.45, 7) is 8.00. The van der Waals surface area contributed by atoms with Gasteiger partial charge in [0.1, 0.15) is 5.69 Å². The van der Waals surface area contributed by atoms with Crippen LogP contribution in [0.3, 0.4) is 0 Å². The molecule has 5 heteroatoms. The van der Waals surface area contributed by atoms with Crippen LogP contribution in [0, 0.1) is 0 Å². The van der Waals surface area contributed by atoms with E-state index in [4.69, 9.17) is 0 Å². The Labute approximate surface area is 101 Å². The predicted octanol–water partition coefficient (Wildman–Crippen LogP) is 1.60. The minimum Gasteiger partial charge on any atom is -0.349 e. The standard InChI is InChI=1S/C11H19N3OS/c1-3-6-14(4-2)7-5-12-11(15)10-8-16-9-13-10/h8-9H,3-7H2,1-2H3,(H,12,15). The molecule has 0 atom stereocenters.